The number of allylic oxidation sites excluding steroid dienone is 4. The highest BCUT2D eigenvalue weighted by Crippen LogP contribution is 2.14. The lowest BCUT2D eigenvalue weighted by molar-refractivity contribution is 0.0909. The fraction of sp³-hybridized carbons (Fsp3) is 0.333. The van der Waals surface area contributed by atoms with Gasteiger partial charge in [0, 0.05) is 7.11 Å². The van der Waals surface area contributed by atoms with Crippen molar-refractivity contribution < 1.29 is 4.74 Å². The first kappa shape index (κ1) is 7.29. The van der Waals surface area contributed by atoms with Gasteiger partial charge in [0.1, 0.15) is 5.60 Å². The fourth-order valence-electron chi connectivity index (χ4n) is 0.813. The van der Waals surface area contributed by atoms with Gasteiger partial charge in [0.05, 0.1) is 0 Å². The predicted octanol–water partition coefficient (Wildman–Crippen LogP) is 2.07. The highest BCUT2D eigenvalue weighted by Gasteiger charge is 2.14. The monoisotopic (exact) mass is 136 g/mol. The van der Waals surface area contributed by atoms with Gasteiger partial charge >= 0.3 is 0 Å². The number of rotatable bonds is 1. The number of methoxy groups -OCH3 is 1. The van der Waals surface area contributed by atoms with Gasteiger partial charge in [0.2, 0.25) is 0 Å². The van der Waals surface area contributed by atoms with Crippen LogP contribution in [0.3, 0.4) is 0 Å². The Morgan fingerprint density at radius 1 is 1.00 bits per heavy atom. The van der Waals surface area contributed by atoms with Gasteiger partial charge in [-0.3, -0.25) is 0 Å². The average molecular weight is 136 g/mol. The van der Waals surface area contributed by atoms with Crippen molar-refractivity contribution in [2.24, 2.45) is 0 Å². The Bertz CT molecular complexity index is 171. The molecule has 0 aromatic rings. The molecular formula is C9H12O. The highest BCUT2D eigenvalue weighted by molar-refractivity contribution is 5.25. The van der Waals surface area contributed by atoms with E-state index in [1.165, 1.54) is 0 Å². The lowest BCUT2D eigenvalue weighted by Crippen LogP contribution is -2.20. The van der Waals surface area contributed by atoms with Crippen molar-refractivity contribution in [3.05, 3.63) is 36.5 Å². The Morgan fingerprint density at radius 2 is 1.50 bits per heavy atom. The zero-order valence-corrected chi connectivity index (χ0v) is 6.37. The van der Waals surface area contributed by atoms with Crippen LogP contribution in [0, 0.1) is 0 Å². The van der Waals surface area contributed by atoms with Gasteiger partial charge in [-0.05, 0) is 19.1 Å². The highest BCUT2D eigenvalue weighted by atomic mass is 16.5. The predicted molar refractivity (Wildman–Crippen MR) is 42.8 cm³/mol. The zero-order chi connectivity index (χ0) is 7.45. The molecule has 0 heterocycles. The summed E-state index contributed by atoms with van der Waals surface area (Å²) in [5.41, 5.74) is -0.219. The van der Waals surface area contributed by atoms with Crippen LogP contribution in [0.2, 0.25) is 0 Å². The summed E-state index contributed by atoms with van der Waals surface area (Å²) in [7, 11) is 1.71. The van der Waals surface area contributed by atoms with E-state index in [2.05, 4.69) is 0 Å². The third-order valence-corrected chi connectivity index (χ3v) is 1.63. The second-order valence-electron chi connectivity index (χ2n) is 2.49. The maximum Gasteiger partial charge on any atom is 0.102 e. The lowest BCUT2D eigenvalue weighted by Gasteiger charge is -2.18. The van der Waals surface area contributed by atoms with E-state index in [0.29, 0.717) is 0 Å². The smallest absolute Gasteiger partial charge is 0.102 e. The minimum atomic E-state index is -0.219. The lowest BCUT2D eigenvalue weighted by atomic mass is 10.1. The van der Waals surface area contributed by atoms with Gasteiger partial charge in [-0.1, -0.05) is 24.3 Å². The van der Waals surface area contributed by atoms with Crippen molar-refractivity contribution in [1.29, 1.82) is 0 Å². The summed E-state index contributed by atoms with van der Waals surface area (Å²) in [6.45, 7) is 2.02. The molecule has 0 aromatic heterocycles. The summed E-state index contributed by atoms with van der Waals surface area (Å²) < 4.78 is 5.24. The molecule has 0 aromatic carbocycles. The summed E-state index contributed by atoms with van der Waals surface area (Å²) in [5, 5.41) is 0. The van der Waals surface area contributed by atoms with Crippen molar-refractivity contribution in [3.63, 3.8) is 0 Å². The first-order valence-electron chi connectivity index (χ1n) is 3.36. The molecule has 0 amide bonds. The Labute approximate surface area is 61.7 Å². The average Bonchev–Trinajstić information content (AvgIpc) is 2.15. The zero-order valence-electron chi connectivity index (χ0n) is 6.37. The van der Waals surface area contributed by atoms with Crippen LogP contribution in [0.4, 0.5) is 0 Å². The van der Waals surface area contributed by atoms with Crippen LogP contribution >= 0.6 is 0 Å². The van der Waals surface area contributed by atoms with Gasteiger partial charge in [0.15, 0.2) is 0 Å². The molecule has 0 unspecified atom stereocenters. The second kappa shape index (κ2) is 2.84. The van der Waals surface area contributed by atoms with Gasteiger partial charge in [-0.25, -0.2) is 0 Å². The molecule has 0 radical (unpaired) electrons. The topological polar surface area (TPSA) is 9.23 Å². The maximum atomic E-state index is 5.24. The first-order chi connectivity index (χ1) is 4.77. The molecule has 0 N–H and O–H groups in total. The van der Waals surface area contributed by atoms with E-state index in [1.807, 2.05) is 43.4 Å². The standard InChI is InChI=1S/C9H12O/c1-9(10-2)7-5-3-4-6-8-9/h3-8H,1-2H3. The van der Waals surface area contributed by atoms with E-state index < -0.39 is 0 Å². The van der Waals surface area contributed by atoms with Crippen LogP contribution in [0.25, 0.3) is 0 Å². The third kappa shape index (κ3) is 1.58. The van der Waals surface area contributed by atoms with Crippen molar-refractivity contribution in [1.82, 2.24) is 0 Å². The number of ether oxygens (including phenoxy) is 1. The molecule has 10 heavy (non-hydrogen) atoms. The molecule has 54 valence electrons. The van der Waals surface area contributed by atoms with E-state index in [0.717, 1.165) is 0 Å². The minimum Gasteiger partial charge on any atom is -0.370 e. The summed E-state index contributed by atoms with van der Waals surface area (Å²) in [6.07, 6.45) is 12.0. The SMILES string of the molecule is COC1(C)C=CC=CC=C1. The van der Waals surface area contributed by atoms with Crippen LogP contribution in [0.15, 0.2) is 36.5 Å². The Kier molecular flexibility index (Phi) is 2.07. The van der Waals surface area contributed by atoms with E-state index in [9.17, 15) is 0 Å². The van der Waals surface area contributed by atoms with E-state index in [4.69, 9.17) is 4.74 Å². The van der Waals surface area contributed by atoms with Gasteiger partial charge in [-0.2, -0.15) is 0 Å². The Hall–Kier alpha value is -0.820. The van der Waals surface area contributed by atoms with Crippen molar-refractivity contribution in [3.8, 4) is 0 Å². The Balaban J connectivity index is 2.80. The van der Waals surface area contributed by atoms with Gasteiger partial charge < -0.3 is 4.74 Å². The van der Waals surface area contributed by atoms with E-state index in [-0.39, 0.29) is 5.60 Å². The van der Waals surface area contributed by atoms with Gasteiger partial charge in [-0.15, -0.1) is 0 Å². The third-order valence-electron chi connectivity index (χ3n) is 1.63. The molecule has 0 atom stereocenters. The fourth-order valence-corrected chi connectivity index (χ4v) is 0.813. The summed E-state index contributed by atoms with van der Waals surface area (Å²) in [6, 6.07) is 0. The Morgan fingerprint density at radius 3 is 1.90 bits per heavy atom. The van der Waals surface area contributed by atoms with Crippen molar-refractivity contribution in [2.75, 3.05) is 7.11 Å². The van der Waals surface area contributed by atoms with Crippen LogP contribution in [0.5, 0.6) is 0 Å². The molecule has 1 heteroatoms. The van der Waals surface area contributed by atoms with E-state index in [1.54, 1.807) is 7.11 Å². The molecule has 0 fully saturated rings. The quantitative estimate of drug-likeness (QED) is 0.536. The second-order valence-corrected chi connectivity index (χ2v) is 2.49. The van der Waals surface area contributed by atoms with Crippen LogP contribution in [0.1, 0.15) is 6.92 Å². The molecule has 0 saturated carbocycles. The number of hydrogen-bond acceptors (Lipinski definition) is 1. The molecule has 1 rings (SSSR count). The molecule has 1 aliphatic rings. The van der Waals surface area contributed by atoms with E-state index >= 15 is 0 Å². The summed E-state index contributed by atoms with van der Waals surface area (Å²) >= 11 is 0. The molecule has 1 nitrogen and oxygen atoms in total. The molecule has 0 spiro atoms. The first-order valence-corrected chi connectivity index (χ1v) is 3.36. The molecule has 0 bridgehead atoms. The largest absolute Gasteiger partial charge is 0.370 e. The van der Waals surface area contributed by atoms with Gasteiger partial charge in [0.25, 0.3) is 0 Å². The van der Waals surface area contributed by atoms with Crippen LogP contribution in [-0.4, -0.2) is 12.7 Å². The number of hydrogen-bond donors (Lipinski definition) is 0. The van der Waals surface area contributed by atoms with Crippen molar-refractivity contribution in [2.45, 2.75) is 12.5 Å². The maximum absolute atomic E-state index is 5.24. The summed E-state index contributed by atoms with van der Waals surface area (Å²) in [5.74, 6) is 0. The van der Waals surface area contributed by atoms with Crippen LogP contribution in [-0.2, 0) is 4.74 Å². The summed E-state index contributed by atoms with van der Waals surface area (Å²) in [4.78, 5) is 0. The van der Waals surface area contributed by atoms with Crippen LogP contribution < -0.4 is 0 Å². The minimum absolute atomic E-state index is 0.219. The molecule has 0 saturated heterocycles. The molecule has 1 aliphatic carbocycles. The molecule has 0 aliphatic heterocycles. The molecular weight excluding hydrogens is 124 g/mol. The normalized spacial score (nSPS) is 21.0. The van der Waals surface area contributed by atoms with Crippen molar-refractivity contribution >= 4 is 0 Å².